The molecule has 3 N–H and O–H groups in total. The first kappa shape index (κ1) is 24.0. The summed E-state index contributed by atoms with van der Waals surface area (Å²) in [4.78, 5) is 18.7. The number of nitrogens with zero attached hydrogens (tertiary/aromatic N) is 2. The first-order chi connectivity index (χ1) is 16.4. The average molecular weight is 471 g/mol. The molecule has 2 heterocycles. The number of halogens is 2. The minimum Gasteiger partial charge on any atom is -0.497 e. The summed E-state index contributed by atoms with van der Waals surface area (Å²) < 4.78 is 32.2. The van der Waals surface area contributed by atoms with Gasteiger partial charge in [-0.1, -0.05) is 0 Å². The van der Waals surface area contributed by atoms with Crippen molar-refractivity contribution in [3.8, 4) is 5.75 Å². The predicted octanol–water partition coefficient (Wildman–Crippen LogP) is 3.25. The van der Waals surface area contributed by atoms with Crippen molar-refractivity contribution >= 4 is 22.5 Å². The summed E-state index contributed by atoms with van der Waals surface area (Å²) in [6, 6.07) is 10.5. The van der Waals surface area contributed by atoms with Crippen LogP contribution < -0.4 is 15.4 Å². The number of pyridine rings is 1. The highest BCUT2D eigenvalue weighted by atomic mass is 19.1. The number of nitrogens with one attached hydrogen (secondary N) is 2. The quantitative estimate of drug-likeness (QED) is 0.469. The monoisotopic (exact) mass is 470 g/mol. The number of fused-ring (bicyclic) bond motifs is 1. The molecule has 1 atom stereocenters. The summed E-state index contributed by atoms with van der Waals surface area (Å²) in [5.74, 6) is -1.01. The van der Waals surface area contributed by atoms with Gasteiger partial charge in [-0.25, -0.2) is 8.78 Å². The maximum atomic E-state index is 13.7. The SMILES string of the molecule is COc1ccc2nccc(C(O)CN3CCC(NCC(=O)Nc4cc(F)ccc4F)CC3)c2c1. The topological polar surface area (TPSA) is 86.7 Å². The van der Waals surface area contributed by atoms with Crippen LogP contribution in [0.15, 0.2) is 48.7 Å². The molecule has 1 aliphatic heterocycles. The van der Waals surface area contributed by atoms with E-state index in [2.05, 4.69) is 20.5 Å². The summed E-state index contributed by atoms with van der Waals surface area (Å²) in [5, 5.41) is 17.4. The smallest absolute Gasteiger partial charge is 0.238 e. The number of ether oxygens (including phenoxy) is 1. The summed E-state index contributed by atoms with van der Waals surface area (Å²) in [5.41, 5.74) is 1.44. The Morgan fingerprint density at radius 3 is 2.76 bits per heavy atom. The highest BCUT2D eigenvalue weighted by Crippen LogP contribution is 2.27. The van der Waals surface area contributed by atoms with Crippen LogP contribution in [0.2, 0.25) is 0 Å². The molecule has 1 fully saturated rings. The van der Waals surface area contributed by atoms with Gasteiger partial charge in [0, 0.05) is 30.2 Å². The number of amides is 1. The van der Waals surface area contributed by atoms with Crippen LogP contribution >= 0.6 is 0 Å². The number of methoxy groups -OCH3 is 1. The van der Waals surface area contributed by atoms with Gasteiger partial charge < -0.3 is 25.4 Å². The van der Waals surface area contributed by atoms with Crippen LogP contribution in [0.25, 0.3) is 10.9 Å². The molecule has 4 rings (SSSR count). The highest BCUT2D eigenvalue weighted by Gasteiger charge is 2.23. The molecule has 3 aromatic rings. The largest absolute Gasteiger partial charge is 0.497 e. The normalized spacial score (nSPS) is 15.9. The zero-order valence-electron chi connectivity index (χ0n) is 18.9. The van der Waals surface area contributed by atoms with Crippen LogP contribution in [0.3, 0.4) is 0 Å². The lowest BCUT2D eigenvalue weighted by atomic mass is 10.0. The van der Waals surface area contributed by atoms with Crippen LogP contribution in [0.5, 0.6) is 5.75 Å². The Morgan fingerprint density at radius 2 is 2.00 bits per heavy atom. The molecule has 1 amide bonds. The van der Waals surface area contributed by atoms with Crippen LogP contribution in [-0.2, 0) is 4.79 Å². The van der Waals surface area contributed by atoms with Gasteiger partial charge in [-0.2, -0.15) is 0 Å². The molecule has 9 heteroatoms. The molecule has 7 nitrogen and oxygen atoms in total. The molecular weight excluding hydrogens is 442 g/mol. The van der Waals surface area contributed by atoms with Crippen molar-refractivity contribution in [3.05, 3.63) is 65.9 Å². The van der Waals surface area contributed by atoms with Gasteiger partial charge in [-0.15, -0.1) is 0 Å². The molecule has 1 unspecified atom stereocenters. The Bertz CT molecular complexity index is 1150. The Labute approximate surface area is 196 Å². The summed E-state index contributed by atoms with van der Waals surface area (Å²) in [6.07, 6.45) is 2.64. The van der Waals surface area contributed by atoms with E-state index < -0.39 is 23.6 Å². The Hall–Kier alpha value is -3.14. The van der Waals surface area contributed by atoms with Gasteiger partial charge in [0.05, 0.1) is 31.0 Å². The number of hydrogen-bond acceptors (Lipinski definition) is 6. The zero-order valence-corrected chi connectivity index (χ0v) is 18.9. The van der Waals surface area contributed by atoms with Crippen molar-refractivity contribution in [1.29, 1.82) is 0 Å². The number of benzene rings is 2. The van der Waals surface area contributed by atoms with Gasteiger partial charge >= 0.3 is 0 Å². The molecule has 180 valence electrons. The summed E-state index contributed by atoms with van der Waals surface area (Å²) in [6.45, 7) is 2.03. The van der Waals surface area contributed by atoms with Gasteiger partial charge in [0.2, 0.25) is 5.91 Å². The molecule has 0 bridgehead atoms. The van der Waals surface area contributed by atoms with Crippen molar-refractivity contribution in [2.24, 2.45) is 0 Å². The van der Waals surface area contributed by atoms with Gasteiger partial charge in [0.25, 0.3) is 0 Å². The summed E-state index contributed by atoms with van der Waals surface area (Å²) >= 11 is 0. The van der Waals surface area contributed by atoms with Crippen molar-refractivity contribution in [2.45, 2.75) is 25.0 Å². The third kappa shape index (κ3) is 5.85. The third-order valence-corrected chi connectivity index (χ3v) is 6.11. The lowest BCUT2D eigenvalue weighted by molar-refractivity contribution is -0.115. The number of carbonyl (C=O) groups excluding carboxylic acids is 1. The number of piperidine rings is 1. The molecule has 1 saturated heterocycles. The second-order valence-corrected chi connectivity index (χ2v) is 8.43. The fourth-order valence-corrected chi connectivity index (χ4v) is 4.25. The van der Waals surface area contributed by atoms with E-state index in [0.29, 0.717) is 12.3 Å². The van der Waals surface area contributed by atoms with E-state index in [9.17, 15) is 18.7 Å². The number of rotatable bonds is 8. The first-order valence-electron chi connectivity index (χ1n) is 11.2. The standard InChI is InChI=1S/C25H28F2N4O3/c1-34-18-3-5-22-20(13-18)19(6-9-28-22)24(32)15-31-10-7-17(8-11-31)29-14-25(33)30-23-12-16(26)2-4-21(23)27/h2-6,9,12-13,17,24,29,32H,7-8,10-11,14-15H2,1H3,(H,30,33). The second-order valence-electron chi connectivity index (χ2n) is 8.43. The lowest BCUT2D eigenvalue weighted by Crippen LogP contribution is -2.45. The molecule has 34 heavy (non-hydrogen) atoms. The molecular formula is C25H28F2N4O3. The zero-order chi connectivity index (χ0) is 24.1. The highest BCUT2D eigenvalue weighted by molar-refractivity contribution is 5.92. The maximum Gasteiger partial charge on any atom is 0.238 e. The Morgan fingerprint density at radius 1 is 1.21 bits per heavy atom. The number of aliphatic hydroxyl groups excluding tert-OH is 1. The van der Waals surface area contributed by atoms with Gasteiger partial charge in [-0.3, -0.25) is 9.78 Å². The summed E-state index contributed by atoms with van der Waals surface area (Å²) in [7, 11) is 1.61. The third-order valence-electron chi connectivity index (χ3n) is 6.11. The molecule has 0 spiro atoms. The minimum atomic E-state index is -0.679. The predicted molar refractivity (Wildman–Crippen MR) is 126 cm³/mol. The van der Waals surface area contributed by atoms with Crippen LogP contribution in [0.4, 0.5) is 14.5 Å². The average Bonchev–Trinajstić information content (AvgIpc) is 2.85. The molecule has 0 saturated carbocycles. The Balaban J connectivity index is 1.26. The van der Waals surface area contributed by atoms with E-state index in [0.717, 1.165) is 60.6 Å². The Kier molecular flexibility index (Phi) is 7.66. The van der Waals surface area contributed by atoms with Gasteiger partial charge in [0.1, 0.15) is 17.4 Å². The van der Waals surface area contributed by atoms with E-state index in [1.807, 2.05) is 24.3 Å². The number of β-amino-alcohol motifs (C(OH)–C–C–N with tert-alkyl or cyclic N) is 1. The number of carbonyl (C=O) groups is 1. The van der Waals surface area contributed by atoms with E-state index >= 15 is 0 Å². The first-order valence-corrected chi connectivity index (χ1v) is 11.2. The molecule has 0 radical (unpaired) electrons. The van der Waals surface area contributed by atoms with E-state index in [1.165, 1.54) is 0 Å². The van der Waals surface area contributed by atoms with E-state index in [1.54, 1.807) is 13.3 Å². The second kappa shape index (κ2) is 10.9. The number of likely N-dealkylation sites (tertiary alicyclic amines) is 1. The number of anilines is 1. The van der Waals surface area contributed by atoms with Crippen molar-refractivity contribution in [1.82, 2.24) is 15.2 Å². The fraction of sp³-hybridized carbons (Fsp3) is 0.360. The van der Waals surface area contributed by atoms with Crippen molar-refractivity contribution in [2.75, 3.05) is 38.6 Å². The molecule has 2 aromatic carbocycles. The van der Waals surface area contributed by atoms with Crippen LogP contribution in [0, 0.1) is 11.6 Å². The van der Waals surface area contributed by atoms with Crippen LogP contribution in [0.1, 0.15) is 24.5 Å². The molecule has 1 aliphatic rings. The van der Waals surface area contributed by atoms with Crippen LogP contribution in [-0.4, -0.2) is 60.2 Å². The lowest BCUT2D eigenvalue weighted by Gasteiger charge is -2.33. The van der Waals surface area contributed by atoms with E-state index in [4.69, 9.17) is 4.74 Å². The maximum absolute atomic E-state index is 13.7. The number of hydrogen-bond donors (Lipinski definition) is 3. The van der Waals surface area contributed by atoms with Gasteiger partial charge in [0.15, 0.2) is 0 Å². The van der Waals surface area contributed by atoms with Crippen molar-refractivity contribution in [3.63, 3.8) is 0 Å². The van der Waals surface area contributed by atoms with Crippen molar-refractivity contribution < 1.29 is 23.4 Å². The molecule has 0 aliphatic carbocycles. The van der Waals surface area contributed by atoms with E-state index in [-0.39, 0.29) is 18.3 Å². The number of aliphatic hydroxyl groups is 1. The fourth-order valence-electron chi connectivity index (χ4n) is 4.25. The number of aromatic nitrogens is 1. The minimum absolute atomic E-state index is 0.00802. The van der Waals surface area contributed by atoms with Gasteiger partial charge in [-0.05, 0) is 67.9 Å². The molecule has 1 aromatic heterocycles.